The van der Waals surface area contributed by atoms with Crippen molar-refractivity contribution in [1.82, 2.24) is 14.7 Å². The van der Waals surface area contributed by atoms with Crippen LogP contribution in [0.25, 0.3) is 0 Å². The zero-order valence-electron chi connectivity index (χ0n) is 11.5. The van der Waals surface area contributed by atoms with Crippen molar-refractivity contribution in [2.45, 2.75) is 24.8 Å². The summed E-state index contributed by atoms with van der Waals surface area (Å²) in [6.07, 6.45) is 3.77. The van der Waals surface area contributed by atoms with Crippen LogP contribution in [0.4, 0.5) is 0 Å². The number of nitrogens with two attached hydrogens (primary N) is 1. The molecule has 2 saturated heterocycles. The van der Waals surface area contributed by atoms with Crippen molar-refractivity contribution in [2.75, 3.05) is 59.9 Å². The van der Waals surface area contributed by atoms with Crippen LogP contribution in [0.5, 0.6) is 0 Å². The van der Waals surface area contributed by atoms with Crippen LogP contribution in [0.15, 0.2) is 0 Å². The third-order valence-corrected chi connectivity index (χ3v) is 4.69. The second-order valence-corrected chi connectivity index (χ2v) is 5.88. The largest absolute Gasteiger partial charge is 0.329 e. The Hall–Kier alpha value is -0.160. The molecule has 0 radical (unpaired) electrons. The summed E-state index contributed by atoms with van der Waals surface area (Å²) in [5.74, 6) is 0. The number of likely N-dealkylation sites (N-methyl/N-ethyl adjacent to an activating group) is 1. The zero-order valence-corrected chi connectivity index (χ0v) is 11.5. The number of nitrogens with zero attached hydrogens (tertiary/aromatic N) is 3. The average molecular weight is 240 g/mol. The van der Waals surface area contributed by atoms with E-state index in [-0.39, 0.29) is 5.54 Å². The summed E-state index contributed by atoms with van der Waals surface area (Å²) in [5, 5.41) is 0. The lowest BCUT2D eigenvalue weighted by Crippen LogP contribution is -2.59. The minimum absolute atomic E-state index is 0.289. The molecule has 0 saturated carbocycles. The molecule has 4 nitrogen and oxygen atoms in total. The van der Waals surface area contributed by atoms with E-state index in [9.17, 15) is 0 Å². The molecule has 2 fully saturated rings. The normalized spacial score (nSPS) is 29.1. The zero-order chi connectivity index (χ0) is 12.3. The Kier molecular flexibility index (Phi) is 4.42. The number of rotatable bonds is 2. The highest BCUT2D eigenvalue weighted by molar-refractivity contribution is 4.96. The highest BCUT2D eigenvalue weighted by Gasteiger charge is 2.38. The first-order valence-corrected chi connectivity index (χ1v) is 6.98. The molecule has 0 aromatic rings. The molecule has 0 aromatic carbocycles. The Morgan fingerprint density at radius 3 is 2.18 bits per heavy atom. The van der Waals surface area contributed by atoms with Crippen molar-refractivity contribution in [3.8, 4) is 0 Å². The number of piperidine rings is 1. The molecule has 2 rings (SSSR count). The summed E-state index contributed by atoms with van der Waals surface area (Å²) in [6.45, 7) is 8.06. The first-order valence-electron chi connectivity index (χ1n) is 6.98. The fraction of sp³-hybridized carbons (Fsp3) is 1.00. The molecule has 0 unspecified atom stereocenters. The summed E-state index contributed by atoms with van der Waals surface area (Å²) in [7, 11) is 4.45. The predicted molar refractivity (Wildman–Crippen MR) is 72.2 cm³/mol. The van der Waals surface area contributed by atoms with Crippen LogP contribution >= 0.6 is 0 Å². The van der Waals surface area contributed by atoms with E-state index in [0.29, 0.717) is 0 Å². The van der Waals surface area contributed by atoms with Crippen LogP contribution in [-0.4, -0.2) is 80.1 Å². The van der Waals surface area contributed by atoms with Crippen molar-refractivity contribution >= 4 is 0 Å². The van der Waals surface area contributed by atoms with Gasteiger partial charge in [0.25, 0.3) is 0 Å². The molecular weight excluding hydrogens is 212 g/mol. The monoisotopic (exact) mass is 240 g/mol. The molecule has 0 aromatic heterocycles. The quantitative estimate of drug-likeness (QED) is 0.740. The van der Waals surface area contributed by atoms with E-state index < -0.39 is 0 Å². The van der Waals surface area contributed by atoms with Crippen LogP contribution in [0.2, 0.25) is 0 Å². The van der Waals surface area contributed by atoms with Crippen molar-refractivity contribution in [3.63, 3.8) is 0 Å². The van der Waals surface area contributed by atoms with Crippen molar-refractivity contribution < 1.29 is 0 Å². The van der Waals surface area contributed by atoms with Gasteiger partial charge < -0.3 is 15.5 Å². The van der Waals surface area contributed by atoms with Gasteiger partial charge in [-0.2, -0.15) is 0 Å². The van der Waals surface area contributed by atoms with Crippen LogP contribution in [0.1, 0.15) is 19.3 Å². The maximum Gasteiger partial charge on any atom is 0.0356 e. The van der Waals surface area contributed by atoms with E-state index >= 15 is 0 Å². The molecule has 17 heavy (non-hydrogen) atoms. The summed E-state index contributed by atoms with van der Waals surface area (Å²) >= 11 is 0. The molecule has 0 amide bonds. The summed E-state index contributed by atoms with van der Waals surface area (Å²) in [6, 6.07) is 0. The Morgan fingerprint density at radius 1 is 0.882 bits per heavy atom. The molecular formula is C13H28N4. The lowest BCUT2D eigenvalue weighted by atomic mass is 9.85. The average Bonchev–Trinajstić information content (AvgIpc) is 2.56. The Morgan fingerprint density at radius 2 is 1.53 bits per heavy atom. The van der Waals surface area contributed by atoms with Gasteiger partial charge in [-0.1, -0.05) is 0 Å². The van der Waals surface area contributed by atoms with Gasteiger partial charge in [0, 0.05) is 31.7 Å². The smallest absolute Gasteiger partial charge is 0.0356 e. The lowest BCUT2D eigenvalue weighted by Gasteiger charge is -2.47. The van der Waals surface area contributed by atoms with Crippen LogP contribution in [0.3, 0.4) is 0 Å². The second-order valence-electron chi connectivity index (χ2n) is 5.88. The van der Waals surface area contributed by atoms with Crippen LogP contribution in [-0.2, 0) is 0 Å². The first kappa shape index (κ1) is 13.3. The molecule has 2 aliphatic rings. The van der Waals surface area contributed by atoms with Gasteiger partial charge in [-0.05, 0) is 53.0 Å². The topological polar surface area (TPSA) is 35.7 Å². The van der Waals surface area contributed by atoms with E-state index in [1.807, 2.05) is 0 Å². The molecule has 4 heteroatoms. The Balaban J connectivity index is 2.01. The third-order valence-electron chi connectivity index (χ3n) is 4.69. The maximum absolute atomic E-state index is 6.13. The van der Waals surface area contributed by atoms with E-state index in [0.717, 1.165) is 6.54 Å². The molecule has 2 N–H and O–H groups in total. The highest BCUT2D eigenvalue weighted by atomic mass is 15.3. The van der Waals surface area contributed by atoms with Gasteiger partial charge in [-0.25, -0.2) is 0 Å². The van der Waals surface area contributed by atoms with Crippen LogP contribution in [0, 0.1) is 0 Å². The number of hydrogen-bond donors (Lipinski definition) is 1. The van der Waals surface area contributed by atoms with Gasteiger partial charge in [0.15, 0.2) is 0 Å². The van der Waals surface area contributed by atoms with Crippen molar-refractivity contribution in [3.05, 3.63) is 0 Å². The molecule has 0 bridgehead atoms. The number of hydrogen-bond acceptors (Lipinski definition) is 4. The Labute approximate surface area is 106 Å². The van der Waals surface area contributed by atoms with Gasteiger partial charge >= 0.3 is 0 Å². The van der Waals surface area contributed by atoms with Gasteiger partial charge in [-0.3, -0.25) is 4.90 Å². The second kappa shape index (κ2) is 5.65. The van der Waals surface area contributed by atoms with E-state index in [2.05, 4.69) is 28.8 Å². The first-order chi connectivity index (χ1) is 8.16. The summed E-state index contributed by atoms with van der Waals surface area (Å²) < 4.78 is 0. The van der Waals surface area contributed by atoms with Crippen LogP contribution < -0.4 is 5.73 Å². The molecule has 2 heterocycles. The third kappa shape index (κ3) is 2.99. The van der Waals surface area contributed by atoms with Gasteiger partial charge in [0.1, 0.15) is 0 Å². The maximum atomic E-state index is 6.13. The molecule has 0 atom stereocenters. The van der Waals surface area contributed by atoms with E-state index in [4.69, 9.17) is 5.73 Å². The predicted octanol–water partition coefficient (Wildman–Crippen LogP) is 0.0470. The van der Waals surface area contributed by atoms with Crippen molar-refractivity contribution in [1.29, 1.82) is 0 Å². The Bertz CT molecular complexity index is 236. The van der Waals surface area contributed by atoms with Gasteiger partial charge in [0.05, 0.1) is 0 Å². The fourth-order valence-corrected chi connectivity index (χ4v) is 3.21. The lowest BCUT2D eigenvalue weighted by molar-refractivity contribution is 0.0370. The molecule has 2 aliphatic heterocycles. The van der Waals surface area contributed by atoms with Crippen molar-refractivity contribution in [2.24, 2.45) is 5.73 Å². The van der Waals surface area contributed by atoms with Gasteiger partial charge in [-0.15, -0.1) is 0 Å². The van der Waals surface area contributed by atoms with Gasteiger partial charge in [0.2, 0.25) is 0 Å². The molecule has 0 aliphatic carbocycles. The standard InChI is InChI=1S/C13H28N4/c1-15-6-3-7-17(11-10-15)13(12-14)4-8-16(2)9-5-13/h3-12,14H2,1-2H3. The molecule has 0 spiro atoms. The number of likely N-dealkylation sites (tertiary alicyclic amines) is 1. The summed E-state index contributed by atoms with van der Waals surface area (Å²) in [4.78, 5) is 7.56. The highest BCUT2D eigenvalue weighted by Crippen LogP contribution is 2.28. The SMILES string of the molecule is CN1CCCN(C2(CN)CCN(C)CC2)CC1. The fourth-order valence-electron chi connectivity index (χ4n) is 3.21. The van der Waals surface area contributed by atoms with E-state index in [1.54, 1.807) is 0 Å². The molecule has 100 valence electrons. The summed E-state index contributed by atoms with van der Waals surface area (Å²) in [5.41, 5.74) is 6.42. The minimum atomic E-state index is 0.289. The minimum Gasteiger partial charge on any atom is -0.329 e. The van der Waals surface area contributed by atoms with E-state index in [1.165, 1.54) is 58.5 Å².